The van der Waals surface area contributed by atoms with Crippen molar-refractivity contribution in [2.45, 2.75) is 0 Å². The second kappa shape index (κ2) is 11.2. The summed E-state index contributed by atoms with van der Waals surface area (Å²) in [6.45, 7) is 0. The van der Waals surface area contributed by atoms with E-state index in [9.17, 15) is 0 Å². The molecular formula is C50H31P. The van der Waals surface area contributed by atoms with E-state index in [1.54, 1.807) is 0 Å². The van der Waals surface area contributed by atoms with E-state index in [2.05, 4.69) is 188 Å². The molecule has 0 heterocycles. The molecular weight excluding hydrogens is 632 g/mol. The zero-order valence-corrected chi connectivity index (χ0v) is 28.7. The van der Waals surface area contributed by atoms with E-state index in [4.69, 9.17) is 0 Å². The SMILES string of the molecule is c1ccc2c(c1)-c1cccc3c1c-2cc1c(-c2ccc(P(c4cccc5ccccc45)c4cccc5ccccc45)cc2)c2ccccc2cc13. The van der Waals surface area contributed by atoms with Crippen LogP contribution in [0.3, 0.4) is 0 Å². The predicted octanol–water partition coefficient (Wildman–Crippen LogP) is 12.5. The third-order valence-electron chi connectivity index (χ3n) is 10.9. The molecule has 0 fully saturated rings. The van der Waals surface area contributed by atoms with Gasteiger partial charge in [0.05, 0.1) is 0 Å². The molecule has 1 heteroatoms. The molecule has 51 heavy (non-hydrogen) atoms. The van der Waals surface area contributed by atoms with Gasteiger partial charge in [-0.25, -0.2) is 0 Å². The predicted molar refractivity (Wildman–Crippen MR) is 223 cm³/mol. The molecule has 0 N–H and O–H groups in total. The molecule has 0 aliphatic heterocycles. The summed E-state index contributed by atoms with van der Waals surface area (Å²) >= 11 is 0. The van der Waals surface area contributed by atoms with E-state index in [-0.39, 0.29) is 0 Å². The lowest BCUT2D eigenvalue weighted by atomic mass is 9.88. The van der Waals surface area contributed by atoms with Gasteiger partial charge < -0.3 is 0 Å². The normalized spacial score (nSPS) is 12.1. The molecule has 0 spiro atoms. The fourth-order valence-corrected chi connectivity index (χ4v) is 11.3. The molecule has 0 radical (unpaired) electrons. The summed E-state index contributed by atoms with van der Waals surface area (Å²) in [4.78, 5) is 0. The summed E-state index contributed by atoms with van der Waals surface area (Å²) in [5.41, 5.74) is 7.90. The molecule has 0 unspecified atom stereocenters. The summed E-state index contributed by atoms with van der Waals surface area (Å²) in [6, 6.07) is 70.4. The van der Waals surface area contributed by atoms with E-state index >= 15 is 0 Å². The molecule has 0 saturated carbocycles. The highest BCUT2D eigenvalue weighted by atomic mass is 31.1. The Labute approximate surface area is 298 Å². The molecule has 0 aromatic heterocycles. The maximum atomic E-state index is 2.47. The Morgan fingerprint density at radius 2 is 0.804 bits per heavy atom. The van der Waals surface area contributed by atoms with Gasteiger partial charge in [-0.1, -0.05) is 176 Å². The Balaban J connectivity index is 1.17. The van der Waals surface area contributed by atoms with Crippen LogP contribution in [0, 0.1) is 0 Å². The van der Waals surface area contributed by atoms with Crippen LogP contribution in [0.4, 0.5) is 0 Å². The Morgan fingerprint density at radius 3 is 1.49 bits per heavy atom. The van der Waals surface area contributed by atoms with Crippen molar-refractivity contribution in [2.24, 2.45) is 0 Å². The van der Waals surface area contributed by atoms with Gasteiger partial charge in [0.1, 0.15) is 0 Å². The first-order valence-electron chi connectivity index (χ1n) is 17.7. The molecule has 10 aromatic carbocycles. The van der Waals surface area contributed by atoms with E-state index in [1.807, 2.05) is 0 Å². The van der Waals surface area contributed by atoms with Crippen molar-refractivity contribution in [3.8, 4) is 33.4 Å². The van der Waals surface area contributed by atoms with Crippen LogP contribution in [0.15, 0.2) is 188 Å². The van der Waals surface area contributed by atoms with Crippen molar-refractivity contribution in [2.75, 3.05) is 0 Å². The summed E-state index contributed by atoms with van der Waals surface area (Å²) < 4.78 is 0. The second-order valence-corrected chi connectivity index (χ2v) is 15.8. The molecule has 0 nitrogen and oxygen atoms in total. The molecule has 1 aliphatic carbocycles. The van der Waals surface area contributed by atoms with Gasteiger partial charge in [-0.05, 0) is 123 Å². The monoisotopic (exact) mass is 662 g/mol. The lowest BCUT2D eigenvalue weighted by Crippen LogP contribution is -2.22. The fourth-order valence-electron chi connectivity index (χ4n) is 8.71. The van der Waals surface area contributed by atoms with E-state index < -0.39 is 7.92 Å². The summed E-state index contributed by atoms with van der Waals surface area (Å²) in [6.07, 6.45) is 0. The van der Waals surface area contributed by atoms with Crippen molar-refractivity contribution in [3.63, 3.8) is 0 Å². The highest BCUT2D eigenvalue weighted by Crippen LogP contribution is 2.51. The number of benzene rings is 10. The van der Waals surface area contributed by atoms with Gasteiger partial charge in [-0.15, -0.1) is 0 Å². The van der Waals surface area contributed by atoms with Crippen molar-refractivity contribution in [1.29, 1.82) is 0 Å². The fraction of sp³-hybridized carbons (Fsp3) is 0. The highest BCUT2D eigenvalue weighted by molar-refractivity contribution is 7.80. The van der Waals surface area contributed by atoms with Crippen molar-refractivity contribution >= 4 is 77.7 Å². The van der Waals surface area contributed by atoms with E-state index in [0.29, 0.717) is 0 Å². The number of fused-ring (bicyclic) bond motifs is 8. The van der Waals surface area contributed by atoms with Crippen LogP contribution in [0.5, 0.6) is 0 Å². The average Bonchev–Trinajstić information content (AvgIpc) is 3.52. The Kier molecular flexibility index (Phi) is 6.32. The molecule has 236 valence electrons. The third kappa shape index (κ3) is 4.31. The Hall–Kier alpha value is -6.07. The minimum absolute atomic E-state index is 0.850. The molecule has 11 rings (SSSR count). The van der Waals surface area contributed by atoms with Crippen LogP contribution < -0.4 is 15.9 Å². The topological polar surface area (TPSA) is 0 Å². The zero-order valence-electron chi connectivity index (χ0n) is 27.8. The van der Waals surface area contributed by atoms with Gasteiger partial charge in [0.2, 0.25) is 0 Å². The van der Waals surface area contributed by atoms with E-state index in [1.165, 1.54) is 103 Å². The van der Waals surface area contributed by atoms with Crippen molar-refractivity contribution in [1.82, 2.24) is 0 Å². The van der Waals surface area contributed by atoms with Crippen LogP contribution in [0.25, 0.3) is 87.2 Å². The summed E-state index contributed by atoms with van der Waals surface area (Å²) in [5, 5.41) is 17.3. The first kappa shape index (κ1) is 28.7. The molecule has 1 aliphatic rings. The van der Waals surface area contributed by atoms with Crippen LogP contribution in [-0.2, 0) is 0 Å². The van der Waals surface area contributed by atoms with Crippen LogP contribution in [0.2, 0.25) is 0 Å². The Morgan fingerprint density at radius 1 is 0.294 bits per heavy atom. The smallest absolute Gasteiger partial charge is 0.00199 e. The lowest BCUT2D eigenvalue weighted by Gasteiger charge is -2.23. The maximum Gasteiger partial charge on any atom is -0.00199 e. The van der Waals surface area contributed by atoms with Gasteiger partial charge in [-0.2, -0.15) is 0 Å². The van der Waals surface area contributed by atoms with E-state index in [0.717, 1.165) is 0 Å². The van der Waals surface area contributed by atoms with Crippen LogP contribution in [0.1, 0.15) is 0 Å². The van der Waals surface area contributed by atoms with Gasteiger partial charge >= 0.3 is 0 Å². The molecule has 0 saturated heterocycles. The second-order valence-electron chi connectivity index (χ2n) is 13.6. The maximum absolute atomic E-state index is 2.47. The molecule has 0 atom stereocenters. The zero-order chi connectivity index (χ0) is 33.5. The minimum atomic E-state index is -0.850. The van der Waals surface area contributed by atoms with Gasteiger partial charge in [0.15, 0.2) is 0 Å². The standard InChI is InChI=1S/C50H31P/c1-4-17-37-32(12-1)15-9-24-47(37)51(48-25-10-16-33-13-2-5-18-38(33)48)36-28-26-34(27-29-36)49-39-19-6-3-14-35(39)30-44-43-23-11-22-42-40-20-7-8-21-41(40)45(50(42)43)31-46(44)49/h1-31H. The highest BCUT2D eigenvalue weighted by Gasteiger charge is 2.25. The number of rotatable bonds is 4. The number of hydrogen-bond acceptors (Lipinski definition) is 0. The summed E-state index contributed by atoms with van der Waals surface area (Å²) in [7, 11) is -0.850. The van der Waals surface area contributed by atoms with Crippen molar-refractivity contribution < 1.29 is 0 Å². The third-order valence-corrected chi connectivity index (χ3v) is 13.5. The van der Waals surface area contributed by atoms with Gasteiger partial charge in [0, 0.05) is 0 Å². The summed E-state index contributed by atoms with van der Waals surface area (Å²) in [5.74, 6) is 0. The largest absolute Gasteiger partial charge is 0.0616 e. The Bertz CT molecular complexity index is 2930. The quantitative estimate of drug-likeness (QED) is 0.0999. The minimum Gasteiger partial charge on any atom is -0.0616 e. The van der Waals surface area contributed by atoms with Gasteiger partial charge in [0.25, 0.3) is 0 Å². The average molecular weight is 663 g/mol. The molecule has 0 bridgehead atoms. The first-order valence-corrected chi connectivity index (χ1v) is 19.0. The molecule has 10 aromatic rings. The van der Waals surface area contributed by atoms with Crippen LogP contribution >= 0.6 is 7.92 Å². The first-order chi connectivity index (χ1) is 25.3. The van der Waals surface area contributed by atoms with Crippen LogP contribution in [-0.4, -0.2) is 0 Å². The number of hydrogen-bond donors (Lipinski definition) is 0. The van der Waals surface area contributed by atoms with Crippen molar-refractivity contribution in [3.05, 3.63) is 188 Å². The molecule has 0 amide bonds. The lowest BCUT2D eigenvalue weighted by molar-refractivity contribution is 1.69. The van der Waals surface area contributed by atoms with Gasteiger partial charge in [-0.3, -0.25) is 0 Å².